The van der Waals surface area contributed by atoms with Gasteiger partial charge in [-0.25, -0.2) is 9.18 Å². The van der Waals surface area contributed by atoms with E-state index < -0.39 is 0 Å². The van der Waals surface area contributed by atoms with E-state index in [0.29, 0.717) is 32.7 Å². The Hall–Kier alpha value is -3.25. The fourth-order valence-corrected chi connectivity index (χ4v) is 4.14. The number of aryl methyl sites for hydroxylation is 2. The van der Waals surface area contributed by atoms with Gasteiger partial charge in [0, 0.05) is 45.1 Å². The Balaban J connectivity index is 1.67. The molecule has 0 unspecified atom stereocenters. The molecule has 0 N–H and O–H groups in total. The summed E-state index contributed by atoms with van der Waals surface area (Å²) in [5.74, 6) is -0.229. The lowest BCUT2D eigenvalue weighted by Crippen LogP contribution is -2.23. The number of imidazole rings is 1. The van der Waals surface area contributed by atoms with E-state index in [0.717, 1.165) is 27.7 Å². The van der Waals surface area contributed by atoms with E-state index in [4.69, 9.17) is 0 Å². The summed E-state index contributed by atoms with van der Waals surface area (Å²) in [7, 11) is 0. The van der Waals surface area contributed by atoms with Gasteiger partial charge in [-0.3, -0.25) is 19.0 Å². The van der Waals surface area contributed by atoms with Crippen molar-refractivity contribution in [2.45, 2.75) is 46.6 Å². The Morgan fingerprint density at radius 2 is 1.52 bits per heavy atom. The number of hydrogen-bond donors (Lipinski definition) is 0. The monoisotopic (exact) mass is 418 g/mol. The number of hydrogen-bond acceptors (Lipinski definition) is 3. The molecule has 2 heterocycles. The highest BCUT2D eigenvalue weighted by Crippen LogP contribution is 2.19. The normalized spacial score (nSPS) is 11.5. The van der Waals surface area contributed by atoms with Gasteiger partial charge in [-0.05, 0) is 60.9 Å². The summed E-state index contributed by atoms with van der Waals surface area (Å²) in [6, 6.07) is 16.9. The van der Waals surface area contributed by atoms with Crippen LogP contribution in [0.1, 0.15) is 30.5 Å². The highest BCUT2D eigenvalue weighted by atomic mass is 19.1. The molecular formula is C25H27FN4O. The van der Waals surface area contributed by atoms with E-state index in [1.165, 1.54) is 6.07 Å². The summed E-state index contributed by atoms with van der Waals surface area (Å²) in [5, 5.41) is 0. The predicted octanol–water partition coefficient (Wildman–Crippen LogP) is 4.58. The minimum absolute atomic E-state index is 0.0316. The number of fused-ring (bicyclic) bond motifs is 1. The number of nitrogens with zero attached hydrogens (tertiary/aromatic N) is 4. The Morgan fingerprint density at radius 1 is 0.839 bits per heavy atom. The average Bonchev–Trinajstić information content (AvgIpc) is 3.04. The van der Waals surface area contributed by atoms with Crippen molar-refractivity contribution in [3.63, 3.8) is 0 Å². The summed E-state index contributed by atoms with van der Waals surface area (Å²) in [5.41, 5.74) is 5.09. The predicted molar refractivity (Wildman–Crippen MR) is 121 cm³/mol. The highest BCUT2D eigenvalue weighted by molar-refractivity contribution is 5.77. The molecule has 0 saturated heterocycles. The van der Waals surface area contributed by atoms with Crippen molar-refractivity contribution >= 4 is 11.0 Å². The number of benzene rings is 2. The van der Waals surface area contributed by atoms with Crippen molar-refractivity contribution in [2.24, 2.45) is 0 Å². The molecule has 0 amide bonds. The fourth-order valence-electron chi connectivity index (χ4n) is 4.14. The summed E-state index contributed by atoms with van der Waals surface area (Å²) < 4.78 is 17.4. The molecule has 0 aliphatic carbocycles. The van der Waals surface area contributed by atoms with Crippen molar-refractivity contribution in [1.29, 1.82) is 0 Å². The Morgan fingerprint density at radius 3 is 2.19 bits per heavy atom. The van der Waals surface area contributed by atoms with Crippen molar-refractivity contribution in [1.82, 2.24) is 19.0 Å². The maximum Gasteiger partial charge on any atom is 0.329 e. The summed E-state index contributed by atoms with van der Waals surface area (Å²) in [6.07, 6.45) is 3.62. The van der Waals surface area contributed by atoms with Crippen molar-refractivity contribution in [2.75, 3.05) is 0 Å². The zero-order valence-electron chi connectivity index (χ0n) is 18.0. The molecule has 0 fully saturated rings. The van der Waals surface area contributed by atoms with Gasteiger partial charge < -0.3 is 0 Å². The number of pyridine rings is 1. The lowest BCUT2D eigenvalue weighted by molar-refractivity contribution is 0.247. The van der Waals surface area contributed by atoms with Crippen LogP contribution in [0.25, 0.3) is 11.0 Å². The minimum Gasteiger partial charge on any atom is -0.292 e. The molecule has 0 aliphatic heterocycles. The van der Waals surface area contributed by atoms with Gasteiger partial charge in [0.05, 0.1) is 11.0 Å². The van der Waals surface area contributed by atoms with Crippen LogP contribution in [-0.4, -0.2) is 19.0 Å². The zero-order valence-corrected chi connectivity index (χ0v) is 18.0. The van der Waals surface area contributed by atoms with Crippen LogP contribution in [0.4, 0.5) is 4.39 Å². The van der Waals surface area contributed by atoms with E-state index in [1.807, 2.05) is 53.4 Å². The summed E-state index contributed by atoms with van der Waals surface area (Å²) >= 11 is 0. The van der Waals surface area contributed by atoms with Gasteiger partial charge in [0.1, 0.15) is 5.82 Å². The molecule has 5 nitrogen and oxygen atoms in total. The van der Waals surface area contributed by atoms with Crippen LogP contribution in [0, 0.1) is 5.82 Å². The Labute approximate surface area is 181 Å². The second-order valence-corrected chi connectivity index (χ2v) is 7.73. The first kappa shape index (κ1) is 21.0. The van der Waals surface area contributed by atoms with Gasteiger partial charge in [-0.15, -0.1) is 0 Å². The molecule has 0 saturated carbocycles. The maximum atomic E-state index is 13.7. The maximum absolute atomic E-state index is 13.7. The largest absolute Gasteiger partial charge is 0.329 e. The smallest absolute Gasteiger partial charge is 0.292 e. The van der Waals surface area contributed by atoms with Crippen LogP contribution in [0.15, 0.2) is 71.8 Å². The van der Waals surface area contributed by atoms with Gasteiger partial charge in [0.2, 0.25) is 0 Å². The lowest BCUT2D eigenvalue weighted by Gasteiger charge is -2.23. The molecule has 0 radical (unpaired) electrons. The number of rotatable bonds is 8. The van der Waals surface area contributed by atoms with Gasteiger partial charge in [-0.2, -0.15) is 0 Å². The van der Waals surface area contributed by atoms with Crippen LogP contribution in [-0.2, 0) is 32.7 Å². The first-order valence-corrected chi connectivity index (χ1v) is 10.7. The standard InChI is InChI=1S/C25H27FN4O/c1-3-29-23-11-10-20(14-24(23)30(4-2)25(29)31)17-28(18-21-8-6-12-27-15-21)16-19-7-5-9-22(26)13-19/h5-15H,3-4,16-18H2,1-2H3. The van der Waals surface area contributed by atoms with Crippen molar-refractivity contribution in [3.8, 4) is 0 Å². The van der Waals surface area contributed by atoms with Crippen LogP contribution >= 0.6 is 0 Å². The van der Waals surface area contributed by atoms with Crippen LogP contribution in [0.2, 0.25) is 0 Å². The average molecular weight is 419 g/mol. The zero-order chi connectivity index (χ0) is 21.8. The van der Waals surface area contributed by atoms with Crippen molar-refractivity contribution < 1.29 is 4.39 Å². The summed E-state index contributed by atoms with van der Waals surface area (Å²) in [4.78, 5) is 19.2. The van der Waals surface area contributed by atoms with Gasteiger partial charge in [-0.1, -0.05) is 24.3 Å². The Kier molecular flexibility index (Phi) is 6.28. The van der Waals surface area contributed by atoms with Crippen molar-refractivity contribution in [3.05, 3.63) is 100.0 Å². The summed E-state index contributed by atoms with van der Waals surface area (Å²) in [6.45, 7) is 7.25. The quantitative estimate of drug-likeness (QED) is 0.421. The Bertz CT molecular complexity index is 1230. The van der Waals surface area contributed by atoms with E-state index in [-0.39, 0.29) is 11.5 Å². The minimum atomic E-state index is -0.229. The van der Waals surface area contributed by atoms with E-state index in [9.17, 15) is 9.18 Å². The molecule has 0 bridgehead atoms. The number of halogens is 1. The molecule has 2 aromatic heterocycles. The second kappa shape index (κ2) is 9.27. The molecular weight excluding hydrogens is 391 g/mol. The molecule has 6 heteroatoms. The van der Waals surface area contributed by atoms with E-state index >= 15 is 0 Å². The molecule has 31 heavy (non-hydrogen) atoms. The topological polar surface area (TPSA) is 43.1 Å². The van der Waals surface area contributed by atoms with Gasteiger partial charge in [0.15, 0.2) is 0 Å². The number of aromatic nitrogens is 3. The SMILES string of the molecule is CCn1c(=O)n(CC)c2cc(CN(Cc3cccnc3)Cc3cccc(F)c3)ccc21. The molecule has 2 aromatic carbocycles. The van der Waals surface area contributed by atoms with Gasteiger partial charge >= 0.3 is 5.69 Å². The van der Waals surface area contributed by atoms with Gasteiger partial charge in [0.25, 0.3) is 0 Å². The third-order valence-electron chi connectivity index (χ3n) is 5.55. The lowest BCUT2D eigenvalue weighted by atomic mass is 10.1. The van der Waals surface area contributed by atoms with E-state index in [2.05, 4.69) is 22.0 Å². The second-order valence-electron chi connectivity index (χ2n) is 7.73. The molecule has 0 spiro atoms. The third kappa shape index (κ3) is 4.59. The molecule has 4 rings (SSSR count). The molecule has 0 atom stereocenters. The van der Waals surface area contributed by atoms with Crippen LogP contribution in [0.5, 0.6) is 0 Å². The van der Waals surface area contributed by atoms with Crippen LogP contribution in [0.3, 0.4) is 0 Å². The highest BCUT2D eigenvalue weighted by Gasteiger charge is 2.14. The van der Waals surface area contributed by atoms with Crippen LogP contribution < -0.4 is 5.69 Å². The third-order valence-corrected chi connectivity index (χ3v) is 5.55. The molecule has 160 valence electrons. The molecule has 0 aliphatic rings. The fraction of sp³-hybridized carbons (Fsp3) is 0.280. The first-order valence-electron chi connectivity index (χ1n) is 10.7. The van der Waals surface area contributed by atoms with E-state index in [1.54, 1.807) is 18.3 Å². The molecule has 4 aromatic rings. The first-order chi connectivity index (χ1) is 15.1.